The van der Waals surface area contributed by atoms with Crippen LogP contribution in [0.1, 0.15) is 39.5 Å². The number of thioether (sulfide) groups is 1. The second-order valence-electron chi connectivity index (χ2n) is 4.49. The van der Waals surface area contributed by atoms with Crippen LogP contribution in [0.5, 0.6) is 0 Å². The average molecular weight is 270 g/mol. The van der Waals surface area contributed by atoms with E-state index in [0.717, 1.165) is 16.5 Å². The molecule has 0 aliphatic rings. The smallest absolute Gasteiger partial charge is 0.116 e. The third-order valence-corrected chi connectivity index (χ3v) is 4.94. The van der Waals surface area contributed by atoms with Gasteiger partial charge >= 0.3 is 0 Å². The lowest BCUT2D eigenvalue weighted by Gasteiger charge is -2.31. The molecule has 0 aliphatic carbocycles. The molecule has 1 rings (SSSR count). The van der Waals surface area contributed by atoms with E-state index in [4.69, 9.17) is 0 Å². The second kappa shape index (κ2) is 7.98. The molecule has 1 aromatic rings. The van der Waals surface area contributed by atoms with Crippen LogP contribution in [-0.4, -0.2) is 21.5 Å². The van der Waals surface area contributed by atoms with Gasteiger partial charge in [0.2, 0.25) is 0 Å². The quantitative estimate of drug-likeness (QED) is 0.438. The number of aromatic nitrogens is 2. The van der Waals surface area contributed by atoms with Gasteiger partial charge in [0.25, 0.3) is 0 Å². The van der Waals surface area contributed by atoms with Gasteiger partial charge in [0, 0.05) is 11.9 Å². The number of hydrogen-bond donors (Lipinski definition) is 1. The van der Waals surface area contributed by atoms with Crippen molar-refractivity contribution in [3.05, 3.63) is 18.6 Å². The van der Waals surface area contributed by atoms with E-state index in [1.165, 1.54) is 25.7 Å². The minimum Gasteiger partial charge on any atom is -0.245 e. The minimum atomic E-state index is 0.363. The van der Waals surface area contributed by atoms with Gasteiger partial charge in [0.05, 0.1) is 5.03 Å². The van der Waals surface area contributed by atoms with Crippen molar-refractivity contribution in [1.82, 2.24) is 9.97 Å². The van der Waals surface area contributed by atoms with E-state index in [9.17, 15) is 0 Å². The first-order chi connectivity index (χ1) is 8.26. The Morgan fingerprint density at radius 2 is 2.00 bits per heavy atom. The van der Waals surface area contributed by atoms with Crippen LogP contribution >= 0.6 is 24.4 Å². The predicted molar refractivity (Wildman–Crippen MR) is 78.9 cm³/mol. The Bertz CT molecular complexity index is 298. The lowest BCUT2D eigenvalue weighted by Crippen LogP contribution is -2.26. The highest BCUT2D eigenvalue weighted by atomic mass is 32.2. The maximum atomic E-state index is 4.57. The zero-order chi connectivity index (χ0) is 12.6. The molecule has 0 fully saturated rings. The molecule has 0 saturated carbocycles. The first-order valence-electron chi connectivity index (χ1n) is 6.26. The van der Waals surface area contributed by atoms with Crippen LogP contribution in [0, 0.1) is 5.41 Å². The summed E-state index contributed by atoms with van der Waals surface area (Å²) in [6, 6.07) is 1.98. The first kappa shape index (κ1) is 14.8. The van der Waals surface area contributed by atoms with Crippen LogP contribution in [0.3, 0.4) is 0 Å². The van der Waals surface area contributed by atoms with E-state index in [1.54, 1.807) is 12.5 Å². The van der Waals surface area contributed by atoms with Crippen LogP contribution in [0.4, 0.5) is 0 Å². The van der Waals surface area contributed by atoms with E-state index < -0.39 is 0 Å². The zero-order valence-corrected chi connectivity index (χ0v) is 12.4. The Labute approximate surface area is 114 Å². The zero-order valence-electron chi connectivity index (χ0n) is 10.7. The molecule has 0 bridgehead atoms. The highest BCUT2D eigenvalue weighted by Gasteiger charge is 2.27. The lowest BCUT2D eigenvalue weighted by molar-refractivity contribution is 0.318. The Morgan fingerprint density at radius 1 is 1.29 bits per heavy atom. The molecule has 0 unspecified atom stereocenters. The minimum absolute atomic E-state index is 0.363. The van der Waals surface area contributed by atoms with Gasteiger partial charge in [-0.25, -0.2) is 9.97 Å². The van der Waals surface area contributed by atoms with Crippen LogP contribution < -0.4 is 0 Å². The molecular weight excluding hydrogens is 248 g/mol. The summed E-state index contributed by atoms with van der Waals surface area (Å²) in [6.07, 6.45) is 8.38. The van der Waals surface area contributed by atoms with Crippen LogP contribution in [-0.2, 0) is 0 Å². The van der Waals surface area contributed by atoms with Gasteiger partial charge in [0.15, 0.2) is 0 Å². The Balaban J connectivity index is 2.59. The molecular formula is C13H22N2S2. The highest BCUT2D eigenvalue weighted by molar-refractivity contribution is 7.99. The molecule has 0 atom stereocenters. The van der Waals surface area contributed by atoms with Crippen molar-refractivity contribution < 1.29 is 0 Å². The van der Waals surface area contributed by atoms with Gasteiger partial charge in [-0.1, -0.05) is 26.7 Å². The van der Waals surface area contributed by atoms with E-state index in [2.05, 4.69) is 36.4 Å². The lowest BCUT2D eigenvalue weighted by atomic mass is 9.83. The fourth-order valence-electron chi connectivity index (χ4n) is 2.12. The molecule has 2 nitrogen and oxygen atoms in total. The number of rotatable bonds is 8. The SMILES string of the molecule is CCCC(CS)(CCC)CSc1ccncn1. The fraction of sp³-hybridized carbons (Fsp3) is 0.692. The van der Waals surface area contributed by atoms with Crippen molar-refractivity contribution in [2.24, 2.45) is 5.41 Å². The van der Waals surface area contributed by atoms with Crippen molar-refractivity contribution in [3.63, 3.8) is 0 Å². The third-order valence-electron chi connectivity index (χ3n) is 2.98. The summed E-state index contributed by atoms with van der Waals surface area (Å²) in [7, 11) is 0. The maximum Gasteiger partial charge on any atom is 0.116 e. The molecule has 0 amide bonds. The van der Waals surface area contributed by atoms with Gasteiger partial charge in [-0.2, -0.15) is 12.6 Å². The van der Waals surface area contributed by atoms with E-state index in [0.29, 0.717) is 5.41 Å². The van der Waals surface area contributed by atoms with Crippen molar-refractivity contribution in [2.75, 3.05) is 11.5 Å². The summed E-state index contributed by atoms with van der Waals surface area (Å²) in [4.78, 5) is 8.21. The summed E-state index contributed by atoms with van der Waals surface area (Å²) in [5, 5.41) is 1.07. The van der Waals surface area contributed by atoms with Crippen LogP contribution in [0.15, 0.2) is 23.6 Å². The second-order valence-corrected chi connectivity index (χ2v) is 5.81. The molecule has 0 radical (unpaired) electrons. The maximum absolute atomic E-state index is 4.57. The molecule has 0 N–H and O–H groups in total. The van der Waals surface area contributed by atoms with Gasteiger partial charge in [-0.15, -0.1) is 11.8 Å². The summed E-state index contributed by atoms with van der Waals surface area (Å²) in [5.41, 5.74) is 0.363. The van der Waals surface area contributed by atoms with E-state index >= 15 is 0 Å². The van der Waals surface area contributed by atoms with E-state index in [1.807, 2.05) is 17.8 Å². The van der Waals surface area contributed by atoms with E-state index in [-0.39, 0.29) is 0 Å². The molecule has 4 heteroatoms. The third kappa shape index (κ3) is 4.88. The van der Waals surface area contributed by atoms with Crippen molar-refractivity contribution in [3.8, 4) is 0 Å². The normalized spacial score (nSPS) is 11.7. The first-order valence-corrected chi connectivity index (χ1v) is 7.88. The van der Waals surface area contributed by atoms with Crippen molar-refractivity contribution in [2.45, 2.75) is 44.6 Å². The Morgan fingerprint density at radius 3 is 2.47 bits per heavy atom. The molecule has 1 aromatic heterocycles. The molecule has 0 spiro atoms. The van der Waals surface area contributed by atoms with Gasteiger partial charge in [-0.05, 0) is 30.1 Å². The molecule has 17 heavy (non-hydrogen) atoms. The largest absolute Gasteiger partial charge is 0.245 e. The monoisotopic (exact) mass is 270 g/mol. The predicted octanol–water partition coefficient (Wildman–Crippen LogP) is 4.09. The standard InChI is InChI=1S/C13H22N2S2/c1-3-6-13(9-16,7-4-2)10-17-12-5-8-14-11-15-12/h5,8,11,16H,3-4,6-7,9-10H2,1-2H3. The summed E-state index contributed by atoms with van der Waals surface area (Å²) in [5.74, 6) is 2.07. The topological polar surface area (TPSA) is 25.8 Å². The van der Waals surface area contributed by atoms with Crippen LogP contribution in [0.25, 0.3) is 0 Å². The molecule has 0 saturated heterocycles. The van der Waals surface area contributed by atoms with Gasteiger partial charge < -0.3 is 0 Å². The summed E-state index contributed by atoms with van der Waals surface area (Å²) in [6.45, 7) is 4.51. The molecule has 0 aliphatic heterocycles. The average Bonchev–Trinajstić information content (AvgIpc) is 2.38. The number of nitrogens with zero attached hydrogens (tertiary/aromatic N) is 2. The van der Waals surface area contributed by atoms with Crippen molar-refractivity contribution >= 4 is 24.4 Å². The Kier molecular flexibility index (Phi) is 6.97. The number of hydrogen-bond acceptors (Lipinski definition) is 4. The summed E-state index contributed by atoms with van der Waals surface area (Å²) >= 11 is 6.40. The summed E-state index contributed by atoms with van der Waals surface area (Å²) < 4.78 is 0. The van der Waals surface area contributed by atoms with Gasteiger partial charge in [-0.3, -0.25) is 0 Å². The molecule has 0 aromatic carbocycles. The van der Waals surface area contributed by atoms with Crippen LogP contribution in [0.2, 0.25) is 0 Å². The number of thiol groups is 1. The fourth-order valence-corrected chi connectivity index (χ4v) is 3.83. The molecule has 96 valence electrons. The highest BCUT2D eigenvalue weighted by Crippen LogP contribution is 2.36. The molecule has 1 heterocycles. The Hall–Kier alpha value is -0.220. The van der Waals surface area contributed by atoms with Gasteiger partial charge in [0.1, 0.15) is 6.33 Å². The van der Waals surface area contributed by atoms with Crippen molar-refractivity contribution in [1.29, 1.82) is 0 Å².